The van der Waals surface area contributed by atoms with E-state index in [4.69, 9.17) is 0 Å². The van der Waals surface area contributed by atoms with Crippen LogP contribution in [0.3, 0.4) is 0 Å². The van der Waals surface area contributed by atoms with Crippen LogP contribution in [0.2, 0.25) is 0 Å². The zero-order chi connectivity index (χ0) is 28.7. The molecule has 2 fully saturated rings. The average Bonchev–Trinajstić information content (AvgIpc) is 3.61. The number of carbonyl (C=O) groups is 1. The highest BCUT2D eigenvalue weighted by Gasteiger charge is 2.55. The highest BCUT2D eigenvalue weighted by Crippen LogP contribution is 2.60. The van der Waals surface area contributed by atoms with Crippen molar-refractivity contribution in [2.24, 2.45) is 5.41 Å². The van der Waals surface area contributed by atoms with Gasteiger partial charge in [-0.15, -0.1) is 11.3 Å². The molecule has 1 saturated carbocycles. The van der Waals surface area contributed by atoms with Gasteiger partial charge in [0.25, 0.3) is 11.8 Å². The highest BCUT2D eigenvalue weighted by atomic mass is 32.1. The maximum absolute atomic E-state index is 15.8. The number of halogens is 3. The number of aromatic hydroxyl groups is 1. The monoisotopic (exact) mass is 587 g/mol. The molecule has 2 aromatic heterocycles. The van der Waals surface area contributed by atoms with Crippen molar-refractivity contribution in [1.82, 2.24) is 9.58 Å². The summed E-state index contributed by atoms with van der Waals surface area (Å²) in [6.45, 7) is 0.452. The number of pyridine rings is 1. The molecule has 3 aliphatic carbocycles. The zero-order valence-corrected chi connectivity index (χ0v) is 23.1. The number of rotatable bonds is 1. The Morgan fingerprint density at radius 2 is 1.79 bits per heavy atom. The number of thiophene rings is 1. The van der Waals surface area contributed by atoms with Gasteiger partial charge in [0.2, 0.25) is 5.43 Å². The van der Waals surface area contributed by atoms with Crippen molar-refractivity contribution >= 4 is 17.2 Å². The number of piperidine rings is 1. The van der Waals surface area contributed by atoms with Gasteiger partial charge in [-0.05, 0) is 64.8 Å². The van der Waals surface area contributed by atoms with Crippen molar-refractivity contribution < 1.29 is 23.1 Å². The fourth-order valence-electron chi connectivity index (χ4n) is 7.86. The van der Waals surface area contributed by atoms with E-state index in [1.54, 1.807) is 21.0 Å². The van der Waals surface area contributed by atoms with E-state index in [0.717, 1.165) is 41.3 Å². The fourth-order valence-corrected chi connectivity index (χ4v) is 8.99. The third kappa shape index (κ3) is 3.00. The van der Waals surface area contributed by atoms with E-state index < -0.39 is 53.0 Å². The Morgan fingerprint density at radius 1 is 0.976 bits per heavy atom. The molecule has 2 aromatic carbocycles. The third-order valence-corrected chi connectivity index (χ3v) is 11.1. The maximum atomic E-state index is 15.8. The molecule has 2 atom stereocenters. The molecule has 2 unspecified atom stereocenters. The van der Waals surface area contributed by atoms with E-state index in [2.05, 4.69) is 0 Å². The van der Waals surface area contributed by atoms with Crippen LogP contribution in [0.15, 0.2) is 58.8 Å². The van der Waals surface area contributed by atoms with Crippen LogP contribution in [0, 0.1) is 11.2 Å². The van der Waals surface area contributed by atoms with Crippen LogP contribution in [0.4, 0.5) is 13.2 Å². The second kappa shape index (κ2) is 7.86. The summed E-state index contributed by atoms with van der Waals surface area (Å²) in [6, 6.07) is 10.9. The average molecular weight is 588 g/mol. The number of alkyl halides is 2. The van der Waals surface area contributed by atoms with E-state index in [-0.39, 0.29) is 16.7 Å². The number of benzene rings is 2. The number of hydrogen-bond donors (Lipinski definition) is 1. The Bertz CT molecular complexity index is 1940. The van der Waals surface area contributed by atoms with Gasteiger partial charge >= 0.3 is 0 Å². The van der Waals surface area contributed by atoms with Crippen LogP contribution >= 0.6 is 11.3 Å². The summed E-state index contributed by atoms with van der Waals surface area (Å²) in [6.07, 6.45) is 4.01. The first-order chi connectivity index (χ1) is 20.2. The SMILES string of the molecule is O=C1c2c(O)c(=O)ccn2N(C2c3ccccc3-c3scc4c3-c3c2ccc(F)c3C(F)(F)C4)C2CC3(CCN12)CC3. The van der Waals surface area contributed by atoms with E-state index >= 15 is 13.2 Å². The summed E-state index contributed by atoms with van der Waals surface area (Å²) in [5, 5.41) is 14.6. The summed E-state index contributed by atoms with van der Waals surface area (Å²) in [5.74, 6) is -5.43. The molecule has 6 nitrogen and oxygen atoms in total. The largest absolute Gasteiger partial charge is 0.502 e. The lowest BCUT2D eigenvalue weighted by molar-refractivity contribution is -0.00825. The first-order valence-corrected chi connectivity index (χ1v) is 15.0. The van der Waals surface area contributed by atoms with Gasteiger partial charge in [0.15, 0.2) is 11.4 Å². The van der Waals surface area contributed by atoms with E-state index in [9.17, 15) is 14.7 Å². The van der Waals surface area contributed by atoms with E-state index in [0.29, 0.717) is 29.7 Å². The first kappa shape index (κ1) is 24.5. The molecular formula is C32H24F3N3O3S. The predicted octanol–water partition coefficient (Wildman–Crippen LogP) is 6.13. The maximum Gasteiger partial charge on any atom is 0.280 e. The Hall–Kier alpha value is -4.05. The number of hydrogen-bond acceptors (Lipinski definition) is 5. The molecule has 212 valence electrons. The van der Waals surface area contributed by atoms with Crippen LogP contribution in [-0.4, -0.2) is 33.3 Å². The topological polar surface area (TPSA) is 65.8 Å². The molecule has 1 N–H and O–H groups in total. The molecule has 5 aliphatic rings. The number of fused-ring (bicyclic) bond motifs is 4. The van der Waals surface area contributed by atoms with Gasteiger partial charge < -0.3 is 10.0 Å². The van der Waals surface area contributed by atoms with Gasteiger partial charge in [-0.2, -0.15) is 0 Å². The first-order valence-electron chi connectivity index (χ1n) is 14.1. The number of amides is 1. The molecule has 4 heterocycles. The number of aromatic nitrogens is 1. The quantitative estimate of drug-likeness (QED) is 0.291. The van der Waals surface area contributed by atoms with Crippen LogP contribution in [0.25, 0.3) is 21.6 Å². The molecule has 9 rings (SSSR count). The second-order valence-corrected chi connectivity index (χ2v) is 13.1. The van der Waals surface area contributed by atoms with Gasteiger partial charge in [-0.1, -0.05) is 30.3 Å². The summed E-state index contributed by atoms with van der Waals surface area (Å²) in [7, 11) is 0. The standard InChI is InChI=1S/C32H24F3N3O3S/c33-20-6-5-19-24-23-16(13-32(34,35)25(20)24)15-42-29(23)18-4-2-1-3-17(18)26(19)38-22-14-31(8-9-31)10-12-36(22)30(41)27-28(40)21(39)7-11-37(27)38/h1-7,11,15,22,26,40H,8-10,12-14H2. The Balaban J connectivity index is 1.40. The van der Waals surface area contributed by atoms with E-state index in [1.807, 2.05) is 29.3 Å². The van der Waals surface area contributed by atoms with Crippen LogP contribution in [0.1, 0.15) is 64.5 Å². The molecule has 1 spiro atoms. The van der Waals surface area contributed by atoms with Crippen molar-refractivity contribution in [2.75, 3.05) is 11.6 Å². The zero-order valence-electron chi connectivity index (χ0n) is 22.2. The molecule has 42 heavy (non-hydrogen) atoms. The van der Waals surface area contributed by atoms with Gasteiger partial charge in [-0.25, -0.2) is 13.2 Å². The van der Waals surface area contributed by atoms with Crippen molar-refractivity contribution in [3.63, 3.8) is 0 Å². The lowest BCUT2D eigenvalue weighted by Gasteiger charge is -2.53. The molecule has 10 heteroatoms. The molecule has 4 aromatic rings. The van der Waals surface area contributed by atoms with E-state index in [1.165, 1.54) is 23.6 Å². The highest BCUT2D eigenvalue weighted by molar-refractivity contribution is 7.14. The van der Waals surface area contributed by atoms with Crippen LogP contribution in [-0.2, 0) is 12.3 Å². The Labute approximate surface area is 242 Å². The van der Waals surface area contributed by atoms with Crippen molar-refractivity contribution in [2.45, 2.75) is 50.2 Å². The summed E-state index contributed by atoms with van der Waals surface area (Å²) in [5.41, 5.74) is 2.18. The lowest BCUT2D eigenvalue weighted by atomic mass is 9.80. The molecule has 0 bridgehead atoms. The van der Waals surface area contributed by atoms with Crippen LogP contribution < -0.4 is 10.4 Å². The minimum absolute atomic E-state index is 0.0869. The number of carbonyl (C=O) groups excluding carboxylic acids is 1. The molecule has 2 aliphatic heterocycles. The Morgan fingerprint density at radius 3 is 2.60 bits per heavy atom. The Kier molecular flexibility index (Phi) is 4.59. The molecule has 0 radical (unpaired) electrons. The van der Waals surface area contributed by atoms with Gasteiger partial charge in [0.05, 0.1) is 11.6 Å². The summed E-state index contributed by atoms with van der Waals surface area (Å²) < 4.78 is 48.6. The summed E-state index contributed by atoms with van der Waals surface area (Å²) >= 11 is 1.38. The van der Waals surface area contributed by atoms with Gasteiger partial charge in [-0.3, -0.25) is 19.3 Å². The minimum atomic E-state index is -3.41. The molecular weight excluding hydrogens is 563 g/mol. The minimum Gasteiger partial charge on any atom is -0.502 e. The fraction of sp³-hybridized carbons (Fsp3) is 0.312. The second-order valence-electron chi connectivity index (χ2n) is 12.3. The molecule has 1 amide bonds. The molecule has 1 saturated heterocycles. The predicted molar refractivity (Wildman–Crippen MR) is 151 cm³/mol. The normalized spacial score (nSPS) is 23.5. The smallest absolute Gasteiger partial charge is 0.280 e. The van der Waals surface area contributed by atoms with Crippen molar-refractivity contribution in [1.29, 1.82) is 0 Å². The number of nitrogens with zero attached hydrogens (tertiary/aromatic N) is 3. The van der Waals surface area contributed by atoms with Crippen LogP contribution in [0.5, 0.6) is 5.75 Å². The van der Waals surface area contributed by atoms with Gasteiger partial charge in [0, 0.05) is 41.2 Å². The van der Waals surface area contributed by atoms with Gasteiger partial charge in [0.1, 0.15) is 12.0 Å². The third-order valence-electron chi connectivity index (χ3n) is 10.0. The summed E-state index contributed by atoms with van der Waals surface area (Å²) in [4.78, 5) is 28.9. The lowest BCUT2D eigenvalue weighted by Crippen LogP contribution is -2.65. The van der Waals surface area contributed by atoms with Crippen molar-refractivity contribution in [3.8, 4) is 27.3 Å². The van der Waals surface area contributed by atoms with Crippen molar-refractivity contribution in [3.05, 3.63) is 98.0 Å².